The molecule has 1 heterocycles. The van der Waals surface area contributed by atoms with E-state index in [4.69, 9.17) is 17.3 Å². The number of nitrogens with zero attached hydrogens (tertiary/aromatic N) is 2. The number of carbonyl (C=O) groups excluding carboxylic acids is 2. The van der Waals surface area contributed by atoms with E-state index in [1.165, 1.54) is 23.1 Å². The normalized spacial score (nSPS) is 16.8. The van der Waals surface area contributed by atoms with Crippen LogP contribution in [0.1, 0.15) is 17.3 Å². The summed E-state index contributed by atoms with van der Waals surface area (Å²) in [5.74, 6) is -1.24. The van der Waals surface area contributed by atoms with E-state index in [1.54, 1.807) is 11.8 Å². The highest BCUT2D eigenvalue weighted by atomic mass is 35.5. The maximum absolute atomic E-state index is 13.8. The molecule has 114 valence electrons. The highest BCUT2D eigenvalue weighted by Gasteiger charge is 2.28. The molecular weight excluding hydrogens is 297 g/mol. The zero-order chi connectivity index (χ0) is 15.6. The molecule has 0 radical (unpaired) electrons. The number of rotatable bonds is 2. The van der Waals surface area contributed by atoms with Crippen molar-refractivity contribution in [3.8, 4) is 0 Å². The summed E-state index contributed by atoms with van der Waals surface area (Å²) in [5.41, 5.74) is 5.43. The molecule has 1 aliphatic heterocycles. The van der Waals surface area contributed by atoms with Crippen molar-refractivity contribution in [1.82, 2.24) is 9.80 Å². The van der Waals surface area contributed by atoms with E-state index in [1.807, 2.05) is 0 Å². The van der Waals surface area contributed by atoms with Crippen molar-refractivity contribution in [2.75, 3.05) is 26.2 Å². The molecule has 7 heteroatoms. The lowest BCUT2D eigenvalue weighted by molar-refractivity contribution is -0.133. The second-order valence-electron chi connectivity index (χ2n) is 5.00. The number of halogens is 2. The average Bonchev–Trinajstić information content (AvgIpc) is 2.46. The molecule has 0 unspecified atom stereocenters. The Hall–Kier alpha value is -1.66. The molecule has 0 spiro atoms. The molecule has 0 bridgehead atoms. The van der Waals surface area contributed by atoms with Gasteiger partial charge in [-0.15, -0.1) is 0 Å². The number of benzene rings is 1. The van der Waals surface area contributed by atoms with Crippen molar-refractivity contribution in [1.29, 1.82) is 0 Å². The first kappa shape index (κ1) is 15.7. The van der Waals surface area contributed by atoms with Crippen molar-refractivity contribution in [3.63, 3.8) is 0 Å². The molecule has 2 N–H and O–H groups in total. The molecule has 0 aromatic heterocycles. The Labute approximate surface area is 127 Å². The number of piperazine rings is 1. The summed E-state index contributed by atoms with van der Waals surface area (Å²) in [4.78, 5) is 27.2. The van der Waals surface area contributed by atoms with Crippen LogP contribution in [0.25, 0.3) is 0 Å². The van der Waals surface area contributed by atoms with Crippen LogP contribution in [0.4, 0.5) is 4.39 Å². The Morgan fingerprint density at radius 2 is 1.81 bits per heavy atom. The van der Waals surface area contributed by atoms with Gasteiger partial charge in [0.15, 0.2) is 0 Å². The molecule has 1 saturated heterocycles. The topological polar surface area (TPSA) is 66.6 Å². The van der Waals surface area contributed by atoms with Gasteiger partial charge in [-0.3, -0.25) is 9.59 Å². The van der Waals surface area contributed by atoms with Crippen LogP contribution in [-0.2, 0) is 4.79 Å². The Balaban J connectivity index is 2.06. The molecule has 21 heavy (non-hydrogen) atoms. The fraction of sp³-hybridized carbons (Fsp3) is 0.429. The predicted octanol–water partition coefficient (Wildman–Crippen LogP) is 1.11. The monoisotopic (exact) mass is 313 g/mol. The van der Waals surface area contributed by atoms with Crippen LogP contribution in [-0.4, -0.2) is 53.8 Å². The zero-order valence-corrected chi connectivity index (χ0v) is 12.4. The molecule has 1 aromatic rings. The van der Waals surface area contributed by atoms with E-state index >= 15 is 0 Å². The number of hydrogen-bond donors (Lipinski definition) is 1. The quantitative estimate of drug-likeness (QED) is 0.889. The first-order valence-corrected chi connectivity index (χ1v) is 7.07. The molecule has 1 atom stereocenters. The van der Waals surface area contributed by atoms with E-state index < -0.39 is 17.8 Å². The minimum absolute atomic E-state index is 0.0917. The highest BCUT2D eigenvalue weighted by Crippen LogP contribution is 2.21. The van der Waals surface area contributed by atoms with Gasteiger partial charge < -0.3 is 15.5 Å². The van der Waals surface area contributed by atoms with Crippen molar-refractivity contribution in [2.45, 2.75) is 13.0 Å². The maximum atomic E-state index is 13.8. The molecular formula is C14H17ClFN3O2. The Bertz CT molecular complexity index is 537. The molecule has 0 saturated carbocycles. The molecule has 1 aliphatic rings. The fourth-order valence-electron chi connectivity index (χ4n) is 2.28. The maximum Gasteiger partial charge on any atom is 0.258 e. The smallest absolute Gasteiger partial charge is 0.258 e. The SMILES string of the molecule is C[C@H](N)C(=O)N1CCN(C(=O)c2c(F)cccc2Cl)CC1. The van der Waals surface area contributed by atoms with Gasteiger partial charge >= 0.3 is 0 Å². The summed E-state index contributed by atoms with van der Waals surface area (Å²) >= 11 is 5.90. The third-order valence-electron chi connectivity index (χ3n) is 3.44. The van der Waals surface area contributed by atoms with E-state index in [0.29, 0.717) is 26.2 Å². The number of hydrogen-bond acceptors (Lipinski definition) is 3. The third kappa shape index (κ3) is 3.33. The van der Waals surface area contributed by atoms with Gasteiger partial charge in [-0.1, -0.05) is 17.7 Å². The molecule has 2 rings (SSSR count). The van der Waals surface area contributed by atoms with Crippen molar-refractivity contribution in [2.24, 2.45) is 5.73 Å². The first-order chi connectivity index (χ1) is 9.91. The summed E-state index contributed by atoms with van der Waals surface area (Å²) < 4.78 is 13.8. The van der Waals surface area contributed by atoms with Gasteiger partial charge in [-0.2, -0.15) is 0 Å². The van der Waals surface area contributed by atoms with Gasteiger partial charge in [0.05, 0.1) is 16.6 Å². The molecule has 2 amide bonds. The highest BCUT2D eigenvalue weighted by molar-refractivity contribution is 6.33. The molecule has 1 fully saturated rings. The van der Waals surface area contributed by atoms with Crippen LogP contribution >= 0.6 is 11.6 Å². The fourth-order valence-corrected chi connectivity index (χ4v) is 2.52. The number of nitrogens with two attached hydrogens (primary N) is 1. The van der Waals surface area contributed by atoms with E-state index in [9.17, 15) is 14.0 Å². The lowest BCUT2D eigenvalue weighted by Crippen LogP contribution is -2.53. The second-order valence-corrected chi connectivity index (χ2v) is 5.41. The van der Waals surface area contributed by atoms with Gasteiger partial charge in [-0.05, 0) is 19.1 Å². The van der Waals surface area contributed by atoms with Gasteiger partial charge in [-0.25, -0.2) is 4.39 Å². The minimum atomic E-state index is -0.637. The van der Waals surface area contributed by atoms with Crippen LogP contribution in [0.5, 0.6) is 0 Å². The number of carbonyl (C=O) groups is 2. The van der Waals surface area contributed by atoms with E-state index in [2.05, 4.69) is 0 Å². The van der Waals surface area contributed by atoms with Gasteiger partial charge in [0, 0.05) is 26.2 Å². The first-order valence-electron chi connectivity index (χ1n) is 6.69. The lowest BCUT2D eigenvalue weighted by Gasteiger charge is -2.35. The second kappa shape index (κ2) is 6.41. The van der Waals surface area contributed by atoms with Crippen LogP contribution in [0.3, 0.4) is 0 Å². The Morgan fingerprint density at radius 1 is 1.24 bits per heavy atom. The lowest BCUT2D eigenvalue weighted by atomic mass is 10.1. The minimum Gasteiger partial charge on any atom is -0.338 e. The average molecular weight is 314 g/mol. The van der Waals surface area contributed by atoms with Gasteiger partial charge in [0.25, 0.3) is 5.91 Å². The zero-order valence-electron chi connectivity index (χ0n) is 11.7. The standard InChI is InChI=1S/C14H17ClFN3O2/c1-9(17)13(20)18-5-7-19(8-6-18)14(21)12-10(15)3-2-4-11(12)16/h2-4,9H,5-8,17H2,1H3/t9-/m0/s1. The van der Waals surface area contributed by atoms with E-state index in [-0.39, 0.29) is 16.5 Å². The summed E-state index contributed by atoms with van der Waals surface area (Å²) in [6.07, 6.45) is 0. The third-order valence-corrected chi connectivity index (χ3v) is 3.76. The molecule has 0 aliphatic carbocycles. The molecule has 1 aromatic carbocycles. The van der Waals surface area contributed by atoms with Crippen molar-refractivity contribution < 1.29 is 14.0 Å². The van der Waals surface area contributed by atoms with Crippen LogP contribution < -0.4 is 5.73 Å². The van der Waals surface area contributed by atoms with Crippen LogP contribution in [0.2, 0.25) is 5.02 Å². The largest absolute Gasteiger partial charge is 0.338 e. The van der Waals surface area contributed by atoms with Crippen LogP contribution in [0.15, 0.2) is 18.2 Å². The van der Waals surface area contributed by atoms with Crippen molar-refractivity contribution in [3.05, 3.63) is 34.6 Å². The summed E-state index contributed by atoms with van der Waals surface area (Å²) in [5, 5.41) is 0.0917. The number of amides is 2. The summed E-state index contributed by atoms with van der Waals surface area (Å²) in [6.45, 7) is 3.07. The Kier molecular flexibility index (Phi) is 4.80. The summed E-state index contributed by atoms with van der Waals surface area (Å²) in [7, 11) is 0. The predicted molar refractivity (Wildman–Crippen MR) is 77.5 cm³/mol. The molecule has 5 nitrogen and oxygen atoms in total. The summed E-state index contributed by atoms with van der Waals surface area (Å²) in [6, 6.07) is 3.57. The van der Waals surface area contributed by atoms with Gasteiger partial charge in [0.1, 0.15) is 5.82 Å². The van der Waals surface area contributed by atoms with E-state index in [0.717, 1.165) is 0 Å². The van der Waals surface area contributed by atoms with Gasteiger partial charge in [0.2, 0.25) is 5.91 Å². The van der Waals surface area contributed by atoms with Crippen molar-refractivity contribution >= 4 is 23.4 Å². The van der Waals surface area contributed by atoms with Crippen LogP contribution in [0, 0.1) is 5.82 Å². The Morgan fingerprint density at radius 3 is 2.33 bits per heavy atom.